The van der Waals surface area contributed by atoms with Crippen LogP contribution in [-0.2, 0) is 11.3 Å². The van der Waals surface area contributed by atoms with Crippen LogP contribution in [0.2, 0.25) is 0 Å². The Morgan fingerprint density at radius 1 is 1.18 bits per heavy atom. The molecular formula is C21H18N4O2S. The van der Waals surface area contributed by atoms with E-state index in [-0.39, 0.29) is 18.0 Å². The summed E-state index contributed by atoms with van der Waals surface area (Å²) in [6.45, 7) is 4.00. The summed E-state index contributed by atoms with van der Waals surface area (Å²) in [7, 11) is 0. The third kappa shape index (κ3) is 3.57. The smallest absolute Gasteiger partial charge is 0.269 e. The number of nitrogens with one attached hydrogen (secondary N) is 1. The van der Waals surface area contributed by atoms with Crippen molar-refractivity contribution in [2.75, 3.05) is 5.32 Å². The van der Waals surface area contributed by atoms with Crippen LogP contribution < -0.4 is 10.9 Å². The van der Waals surface area contributed by atoms with Crippen LogP contribution in [0.25, 0.3) is 22.3 Å². The molecule has 0 aliphatic heterocycles. The molecule has 0 unspecified atom stereocenters. The van der Waals surface area contributed by atoms with Gasteiger partial charge in [-0.25, -0.2) is 9.97 Å². The molecule has 0 bridgehead atoms. The quantitative estimate of drug-likeness (QED) is 0.575. The molecule has 0 aliphatic rings. The van der Waals surface area contributed by atoms with E-state index < -0.39 is 0 Å². The number of aryl methyl sites for hydroxylation is 2. The Hall–Kier alpha value is -3.32. The molecule has 6 nitrogen and oxygen atoms in total. The highest BCUT2D eigenvalue weighted by molar-refractivity contribution is 7.14. The summed E-state index contributed by atoms with van der Waals surface area (Å²) in [5.41, 5.74) is 5.17. The van der Waals surface area contributed by atoms with Gasteiger partial charge in [0.1, 0.15) is 6.54 Å². The number of carbonyl (C=O) groups is 1. The normalized spacial score (nSPS) is 10.9. The molecule has 2 aromatic heterocycles. The van der Waals surface area contributed by atoms with Gasteiger partial charge in [0.05, 0.1) is 22.9 Å². The van der Waals surface area contributed by atoms with Gasteiger partial charge in [0.15, 0.2) is 5.13 Å². The minimum absolute atomic E-state index is 0.0969. The van der Waals surface area contributed by atoms with Crippen molar-refractivity contribution in [3.8, 4) is 11.3 Å². The Kier molecular flexibility index (Phi) is 4.75. The molecule has 0 aliphatic carbocycles. The van der Waals surface area contributed by atoms with Gasteiger partial charge in [0.25, 0.3) is 5.56 Å². The van der Waals surface area contributed by atoms with Crippen LogP contribution in [0.3, 0.4) is 0 Å². The highest BCUT2D eigenvalue weighted by atomic mass is 32.1. The molecule has 4 aromatic rings. The van der Waals surface area contributed by atoms with E-state index in [1.165, 1.54) is 27.7 Å². The summed E-state index contributed by atoms with van der Waals surface area (Å²) in [6, 6.07) is 13.4. The summed E-state index contributed by atoms with van der Waals surface area (Å²) in [5.74, 6) is -0.306. The highest BCUT2D eigenvalue weighted by Crippen LogP contribution is 2.28. The van der Waals surface area contributed by atoms with E-state index in [0.717, 1.165) is 16.8 Å². The van der Waals surface area contributed by atoms with E-state index in [2.05, 4.69) is 21.4 Å². The Balaban J connectivity index is 1.55. The maximum absolute atomic E-state index is 12.5. The van der Waals surface area contributed by atoms with Crippen molar-refractivity contribution < 1.29 is 4.79 Å². The molecule has 0 atom stereocenters. The summed E-state index contributed by atoms with van der Waals surface area (Å²) < 4.78 is 1.41. The first-order valence-electron chi connectivity index (χ1n) is 8.79. The Morgan fingerprint density at radius 2 is 2.00 bits per heavy atom. The second-order valence-electron chi connectivity index (χ2n) is 6.58. The van der Waals surface area contributed by atoms with E-state index in [9.17, 15) is 9.59 Å². The molecule has 7 heteroatoms. The van der Waals surface area contributed by atoms with Crippen LogP contribution in [0, 0.1) is 13.8 Å². The number of amides is 1. The predicted octanol–water partition coefficient (Wildman–Crippen LogP) is 3.78. The van der Waals surface area contributed by atoms with Crippen molar-refractivity contribution in [3.63, 3.8) is 0 Å². The van der Waals surface area contributed by atoms with Gasteiger partial charge in [-0.3, -0.25) is 14.2 Å². The van der Waals surface area contributed by atoms with E-state index in [0.29, 0.717) is 16.2 Å². The van der Waals surface area contributed by atoms with Crippen LogP contribution in [-0.4, -0.2) is 20.4 Å². The first-order chi connectivity index (χ1) is 13.5. The number of fused-ring (bicyclic) bond motifs is 1. The van der Waals surface area contributed by atoms with Crippen molar-refractivity contribution in [2.45, 2.75) is 20.4 Å². The van der Waals surface area contributed by atoms with Crippen LogP contribution >= 0.6 is 11.3 Å². The molecule has 0 saturated heterocycles. The largest absolute Gasteiger partial charge is 0.300 e. The third-order valence-corrected chi connectivity index (χ3v) is 5.22. The van der Waals surface area contributed by atoms with Gasteiger partial charge in [0.2, 0.25) is 5.91 Å². The summed E-state index contributed by atoms with van der Waals surface area (Å²) in [6.07, 6.45) is 1.23. The third-order valence-electron chi connectivity index (χ3n) is 4.46. The fourth-order valence-corrected chi connectivity index (χ4v) is 3.86. The Labute approximate surface area is 165 Å². The first kappa shape index (κ1) is 18.1. The topological polar surface area (TPSA) is 76.9 Å². The number of hydrogen-bond donors (Lipinski definition) is 1. The molecule has 2 heterocycles. The average molecular weight is 390 g/mol. The second kappa shape index (κ2) is 7.36. The molecule has 28 heavy (non-hydrogen) atoms. The number of hydrogen-bond acceptors (Lipinski definition) is 5. The lowest BCUT2D eigenvalue weighted by Gasteiger charge is -2.08. The number of rotatable bonds is 4. The summed E-state index contributed by atoms with van der Waals surface area (Å²) in [5, 5.41) is 5.22. The van der Waals surface area contributed by atoms with Crippen LogP contribution in [0.4, 0.5) is 5.13 Å². The van der Waals surface area contributed by atoms with Gasteiger partial charge in [-0.15, -0.1) is 11.3 Å². The average Bonchev–Trinajstić information content (AvgIpc) is 3.12. The van der Waals surface area contributed by atoms with Gasteiger partial charge in [-0.1, -0.05) is 35.9 Å². The molecule has 2 aromatic carbocycles. The van der Waals surface area contributed by atoms with Crippen molar-refractivity contribution >= 4 is 33.4 Å². The highest BCUT2D eigenvalue weighted by Gasteiger charge is 2.12. The molecule has 0 fully saturated rings. The maximum Gasteiger partial charge on any atom is 0.269 e. The second-order valence-corrected chi connectivity index (χ2v) is 7.43. The lowest BCUT2D eigenvalue weighted by molar-refractivity contribution is -0.116. The molecule has 0 saturated carbocycles. The molecule has 1 amide bonds. The van der Waals surface area contributed by atoms with Gasteiger partial charge in [-0.05, 0) is 31.5 Å². The number of aromatic nitrogens is 3. The molecule has 4 rings (SSSR count). The molecule has 140 valence electrons. The van der Waals surface area contributed by atoms with E-state index in [4.69, 9.17) is 0 Å². The monoisotopic (exact) mass is 390 g/mol. The first-order valence-corrected chi connectivity index (χ1v) is 9.67. The molecule has 0 radical (unpaired) electrons. The van der Waals surface area contributed by atoms with Gasteiger partial charge >= 0.3 is 0 Å². The zero-order valence-corrected chi connectivity index (χ0v) is 16.3. The Bertz CT molecular complexity index is 1240. The van der Waals surface area contributed by atoms with E-state index >= 15 is 0 Å². The fourth-order valence-electron chi connectivity index (χ4n) is 3.14. The number of anilines is 1. The predicted molar refractivity (Wildman–Crippen MR) is 112 cm³/mol. The number of thiazole rings is 1. The van der Waals surface area contributed by atoms with Crippen LogP contribution in [0.1, 0.15) is 11.1 Å². The van der Waals surface area contributed by atoms with E-state index in [1.54, 1.807) is 12.1 Å². The SMILES string of the molecule is Cc1ccc(-c2csc(NC(=O)Cn3c(=O)cnc4ccccc43)n2)c(C)c1. The van der Waals surface area contributed by atoms with Gasteiger partial charge < -0.3 is 5.32 Å². The molecule has 0 spiro atoms. The van der Waals surface area contributed by atoms with Crippen molar-refractivity contribution in [1.82, 2.24) is 14.5 Å². The number of benzene rings is 2. The standard InChI is InChI=1S/C21H18N4O2S/c1-13-7-8-15(14(2)9-13)17-12-28-21(23-17)24-19(26)11-25-18-6-4-3-5-16(18)22-10-20(25)27/h3-10,12H,11H2,1-2H3,(H,23,24,26). The summed E-state index contributed by atoms with van der Waals surface area (Å²) in [4.78, 5) is 33.3. The fraction of sp³-hybridized carbons (Fsp3) is 0.143. The zero-order valence-electron chi connectivity index (χ0n) is 15.5. The molecular weight excluding hydrogens is 372 g/mol. The van der Waals surface area contributed by atoms with Crippen LogP contribution in [0.5, 0.6) is 0 Å². The number of para-hydroxylation sites is 2. The van der Waals surface area contributed by atoms with Gasteiger partial charge in [0, 0.05) is 10.9 Å². The van der Waals surface area contributed by atoms with Crippen molar-refractivity contribution in [2.24, 2.45) is 0 Å². The van der Waals surface area contributed by atoms with Gasteiger partial charge in [-0.2, -0.15) is 0 Å². The zero-order chi connectivity index (χ0) is 19.7. The van der Waals surface area contributed by atoms with E-state index in [1.807, 2.05) is 43.5 Å². The molecule has 1 N–H and O–H groups in total. The van der Waals surface area contributed by atoms with Crippen LogP contribution in [0.15, 0.2) is 58.8 Å². The van der Waals surface area contributed by atoms with Crippen molar-refractivity contribution in [1.29, 1.82) is 0 Å². The minimum Gasteiger partial charge on any atom is -0.300 e. The minimum atomic E-state index is -0.316. The number of carbonyl (C=O) groups excluding carboxylic acids is 1. The number of nitrogens with zero attached hydrogens (tertiary/aromatic N) is 3. The maximum atomic E-state index is 12.5. The lowest BCUT2D eigenvalue weighted by atomic mass is 10.0. The van der Waals surface area contributed by atoms with Crippen molar-refractivity contribution in [3.05, 3.63) is 75.5 Å². The Morgan fingerprint density at radius 3 is 2.82 bits per heavy atom. The lowest BCUT2D eigenvalue weighted by Crippen LogP contribution is -2.27. The summed E-state index contributed by atoms with van der Waals surface area (Å²) >= 11 is 1.36.